The predicted octanol–water partition coefficient (Wildman–Crippen LogP) is 3.65. The first kappa shape index (κ1) is 20.5. The number of nitrogens with one attached hydrogen (secondary N) is 1. The minimum Gasteiger partial charge on any atom is -0.451 e. The van der Waals surface area contributed by atoms with Crippen LogP contribution in [0, 0.1) is 0 Å². The van der Waals surface area contributed by atoms with Crippen LogP contribution in [-0.4, -0.2) is 38.5 Å². The second kappa shape index (κ2) is 8.02. The third-order valence-corrected chi connectivity index (χ3v) is 6.13. The number of anilines is 1. The van der Waals surface area contributed by atoms with Gasteiger partial charge < -0.3 is 9.73 Å². The van der Waals surface area contributed by atoms with Crippen molar-refractivity contribution < 1.29 is 22.4 Å². The molecule has 7 nitrogen and oxygen atoms in total. The number of nitrogens with zero attached hydrogens (tertiary/aromatic N) is 1. The standard InChI is InChI=1S/C21H20N2O5S/c1-14(24)15-4-6-16(7-5-15)19-12-13-20(28-19)21(25)22-17-8-10-18(11-9-17)29(26,27)23(2)3/h4-13H,1-3H3,(H,22,25). The van der Waals surface area contributed by atoms with E-state index in [0.717, 1.165) is 9.87 Å². The highest BCUT2D eigenvalue weighted by Crippen LogP contribution is 2.24. The van der Waals surface area contributed by atoms with E-state index in [2.05, 4.69) is 5.32 Å². The molecule has 29 heavy (non-hydrogen) atoms. The summed E-state index contributed by atoms with van der Waals surface area (Å²) in [4.78, 5) is 23.9. The molecule has 0 saturated carbocycles. The number of furan rings is 1. The van der Waals surface area contributed by atoms with Crippen molar-refractivity contribution in [1.82, 2.24) is 4.31 Å². The molecule has 0 bridgehead atoms. The van der Waals surface area contributed by atoms with Crippen molar-refractivity contribution in [3.63, 3.8) is 0 Å². The molecular formula is C21H20N2O5S. The third-order valence-electron chi connectivity index (χ3n) is 4.30. The van der Waals surface area contributed by atoms with E-state index >= 15 is 0 Å². The Balaban J connectivity index is 1.73. The normalized spacial score (nSPS) is 11.4. The molecule has 8 heteroatoms. The van der Waals surface area contributed by atoms with Crippen LogP contribution in [-0.2, 0) is 10.0 Å². The lowest BCUT2D eigenvalue weighted by Gasteiger charge is -2.11. The Hall–Kier alpha value is -3.23. The summed E-state index contributed by atoms with van der Waals surface area (Å²) in [6.07, 6.45) is 0. The fourth-order valence-electron chi connectivity index (χ4n) is 2.60. The van der Waals surface area contributed by atoms with E-state index in [9.17, 15) is 18.0 Å². The van der Waals surface area contributed by atoms with E-state index in [4.69, 9.17) is 4.42 Å². The second-order valence-electron chi connectivity index (χ2n) is 6.56. The average molecular weight is 412 g/mol. The van der Waals surface area contributed by atoms with Crippen molar-refractivity contribution in [2.75, 3.05) is 19.4 Å². The van der Waals surface area contributed by atoms with Gasteiger partial charge in [-0.05, 0) is 43.3 Å². The van der Waals surface area contributed by atoms with Gasteiger partial charge in [0.25, 0.3) is 5.91 Å². The number of carbonyl (C=O) groups excluding carboxylic acids is 2. The van der Waals surface area contributed by atoms with Crippen molar-refractivity contribution in [2.45, 2.75) is 11.8 Å². The summed E-state index contributed by atoms with van der Waals surface area (Å²) in [5, 5.41) is 2.67. The highest BCUT2D eigenvalue weighted by atomic mass is 32.2. The zero-order valence-corrected chi connectivity index (χ0v) is 17.0. The monoisotopic (exact) mass is 412 g/mol. The van der Waals surface area contributed by atoms with Gasteiger partial charge in [0, 0.05) is 30.9 Å². The lowest BCUT2D eigenvalue weighted by atomic mass is 10.1. The Bertz CT molecular complexity index is 1140. The average Bonchev–Trinajstić information content (AvgIpc) is 3.19. The van der Waals surface area contributed by atoms with Crippen molar-refractivity contribution >= 4 is 27.4 Å². The van der Waals surface area contributed by atoms with E-state index in [-0.39, 0.29) is 16.4 Å². The smallest absolute Gasteiger partial charge is 0.291 e. The van der Waals surface area contributed by atoms with Crippen LogP contribution in [0.5, 0.6) is 0 Å². The van der Waals surface area contributed by atoms with Crippen LogP contribution in [0.4, 0.5) is 5.69 Å². The molecule has 3 aromatic rings. The van der Waals surface area contributed by atoms with Gasteiger partial charge in [-0.3, -0.25) is 9.59 Å². The van der Waals surface area contributed by atoms with E-state index in [1.54, 1.807) is 36.4 Å². The fourth-order valence-corrected chi connectivity index (χ4v) is 3.50. The number of Topliss-reactive ketones (excluding diaryl/α,β-unsaturated/α-hetero) is 1. The highest BCUT2D eigenvalue weighted by molar-refractivity contribution is 7.89. The number of benzene rings is 2. The van der Waals surface area contributed by atoms with Crippen LogP contribution in [0.2, 0.25) is 0 Å². The summed E-state index contributed by atoms with van der Waals surface area (Å²) in [5.41, 5.74) is 1.78. The Labute approximate surface area is 169 Å². The van der Waals surface area contributed by atoms with Crippen LogP contribution in [0.25, 0.3) is 11.3 Å². The second-order valence-corrected chi connectivity index (χ2v) is 8.72. The molecular weight excluding hydrogens is 392 g/mol. The number of amides is 1. The molecule has 0 atom stereocenters. The van der Waals surface area contributed by atoms with Gasteiger partial charge in [0.2, 0.25) is 10.0 Å². The molecule has 0 spiro atoms. The molecule has 0 radical (unpaired) electrons. The predicted molar refractivity (Wildman–Crippen MR) is 109 cm³/mol. The Morgan fingerprint density at radius 2 is 1.52 bits per heavy atom. The number of hydrogen-bond acceptors (Lipinski definition) is 5. The summed E-state index contributed by atoms with van der Waals surface area (Å²) in [7, 11) is -0.626. The maximum absolute atomic E-state index is 12.4. The van der Waals surface area contributed by atoms with Gasteiger partial charge in [0.05, 0.1) is 4.90 Å². The van der Waals surface area contributed by atoms with Gasteiger partial charge in [-0.2, -0.15) is 0 Å². The molecule has 2 aromatic carbocycles. The largest absolute Gasteiger partial charge is 0.451 e. The van der Waals surface area contributed by atoms with E-state index in [0.29, 0.717) is 17.0 Å². The molecule has 0 saturated heterocycles. The Morgan fingerprint density at radius 3 is 2.07 bits per heavy atom. The molecule has 1 aromatic heterocycles. The maximum atomic E-state index is 12.4. The van der Waals surface area contributed by atoms with Gasteiger partial charge in [-0.25, -0.2) is 12.7 Å². The third kappa shape index (κ3) is 4.44. The lowest BCUT2D eigenvalue weighted by molar-refractivity contribution is 0.0994. The van der Waals surface area contributed by atoms with E-state index in [1.165, 1.54) is 45.3 Å². The first-order chi connectivity index (χ1) is 13.7. The Kier molecular flexibility index (Phi) is 5.67. The zero-order chi connectivity index (χ0) is 21.2. The molecule has 0 aliphatic heterocycles. The van der Waals surface area contributed by atoms with Crippen LogP contribution < -0.4 is 5.32 Å². The molecule has 0 aliphatic carbocycles. The lowest BCUT2D eigenvalue weighted by Crippen LogP contribution is -2.22. The maximum Gasteiger partial charge on any atom is 0.291 e. The topological polar surface area (TPSA) is 96.7 Å². The van der Waals surface area contributed by atoms with Gasteiger partial charge in [0.1, 0.15) is 5.76 Å². The van der Waals surface area contributed by atoms with Gasteiger partial charge in [0.15, 0.2) is 11.5 Å². The molecule has 0 fully saturated rings. The van der Waals surface area contributed by atoms with Gasteiger partial charge >= 0.3 is 0 Å². The zero-order valence-electron chi connectivity index (χ0n) is 16.2. The molecule has 3 rings (SSSR count). The number of rotatable bonds is 6. The minimum atomic E-state index is -3.53. The summed E-state index contributed by atoms with van der Waals surface area (Å²) < 4.78 is 30.9. The Morgan fingerprint density at radius 1 is 0.897 bits per heavy atom. The van der Waals surface area contributed by atoms with E-state index < -0.39 is 15.9 Å². The number of hydrogen-bond donors (Lipinski definition) is 1. The first-order valence-electron chi connectivity index (χ1n) is 8.73. The number of carbonyl (C=O) groups is 2. The fraction of sp³-hybridized carbons (Fsp3) is 0.143. The van der Waals surface area contributed by atoms with Crippen molar-refractivity contribution in [1.29, 1.82) is 0 Å². The van der Waals surface area contributed by atoms with Crippen LogP contribution in [0.1, 0.15) is 27.8 Å². The summed E-state index contributed by atoms with van der Waals surface area (Å²) in [6.45, 7) is 1.49. The summed E-state index contributed by atoms with van der Waals surface area (Å²) in [6, 6.07) is 16.0. The molecule has 0 aliphatic rings. The van der Waals surface area contributed by atoms with Gasteiger partial charge in [-0.1, -0.05) is 24.3 Å². The van der Waals surface area contributed by atoms with Crippen LogP contribution in [0.15, 0.2) is 70.0 Å². The SMILES string of the molecule is CC(=O)c1ccc(-c2ccc(C(=O)Nc3ccc(S(=O)(=O)N(C)C)cc3)o2)cc1. The first-order valence-corrected chi connectivity index (χ1v) is 10.2. The molecule has 0 unspecified atom stereocenters. The molecule has 1 heterocycles. The van der Waals surface area contributed by atoms with Crippen molar-refractivity contribution in [2.24, 2.45) is 0 Å². The van der Waals surface area contributed by atoms with Crippen molar-refractivity contribution in [3.05, 3.63) is 72.0 Å². The highest BCUT2D eigenvalue weighted by Gasteiger charge is 2.17. The number of ketones is 1. The minimum absolute atomic E-state index is 0.0274. The van der Waals surface area contributed by atoms with E-state index in [1.807, 2.05) is 0 Å². The van der Waals surface area contributed by atoms with Crippen molar-refractivity contribution in [3.8, 4) is 11.3 Å². The summed E-state index contributed by atoms with van der Waals surface area (Å²) >= 11 is 0. The molecule has 1 amide bonds. The van der Waals surface area contributed by atoms with Crippen LogP contribution >= 0.6 is 0 Å². The molecule has 1 N–H and O–H groups in total. The van der Waals surface area contributed by atoms with Gasteiger partial charge in [-0.15, -0.1) is 0 Å². The quantitative estimate of drug-likeness (QED) is 0.624. The molecule has 150 valence electrons. The van der Waals surface area contributed by atoms with Crippen LogP contribution in [0.3, 0.4) is 0 Å². The summed E-state index contributed by atoms with van der Waals surface area (Å²) in [5.74, 6) is 0.124. The number of sulfonamides is 1.